The lowest BCUT2D eigenvalue weighted by Crippen LogP contribution is -2.34. The summed E-state index contributed by atoms with van der Waals surface area (Å²) in [6.07, 6.45) is 4.49. The fourth-order valence-electron chi connectivity index (χ4n) is 4.07. The Labute approximate surface area is 124 Å². The number of nitrogens with two attached hydrogens (primary N) is 1. The van der Waals surface area contributed by atoms with Crippen LogP contribution in [-0.2, 0) is 6.42 Å². The average Bonchev–Trinajstić information content (AvgIpc) is 3.17. The van der Waals surface area contributed by atoms with Gasteiger partial charge in [0.05, 0.1) is 5.92 Å². The predicted octanol–water partition coefficient (Wildman–Crippen LogP) is 2.81. The second kappa shape index (κ2) is 4.95. The largest absolute Gasteiger partial charge is 0.339 e. The Morgan fingerprint density at radius 3 is 2.67 bits per heavy atom. The van der Waals surface area contributed by atoms with Crippen LogP contribution in [0.1, 0.15) is 48.0 Å². The van der Waals surface area contributed by atoms with Crippen LogP contribution in [0.5, 0.6) is 0 Å². The summed E-state index contributed by atoms with van der Waals surface area (Å²) in [5.74, 6) is 3.12. The Morgan fingerprint density at radius 1 is 1.19 bits per heavy atom. The molecular weight excluding hydrogens is 262 g/mol. The predicted molar refractivity (Wildman–Crippen MR) is 79.8 cm³/mol. The Morgan fingerprint density at radius 2 is 1.95 bits per heavy atom. The quantitative estimate of drug-likeness (QED) is 0.940. The molecule has 21 heavy (non-hydrogen) atoms. The molecule has 1 aromatic carbocycles. The van der Waals surface area contributed by atoms with Crippen LogP contribution in [0.4, 0.5) is 0 Å². The first-order chi connectivity index (χ1) is 10.2. The van der Waals surface area contributed by atoms with Crippen molar-refractivity contribution in [3.63, 3.8) is 0 Å². The number of nitrogens with zero attached hydrogens (tertiary/aromatic N) is 2. The molecule has 4 unspecified atom stereocenters. The lowest BCUT2D eigenvalue weighted by molar-refractivity contribution is 0.278. The Balaban J connectivity index is 1.52. The van der Waals surface area contributed by atoms with Gasteiger partial charge in [0.2, 0.25) is 5.89 Å². The maximum atomic E-state index is 6.35. The van der Waals surface area contributed by atoms with E-state index in [1.165, 1.54) is 30.4 Å². The zero-order valence-electron chi connectivity index (χ0n) is 12.3. The summed E-state index contributed by atoms with van der Waals surface area (Å²) < 4.78 is 5.53. The van der Waals surface area contributed by atoms with Crippen LogP contribution in [0.3, 0.4) is 0 Å². The monoisotopic (exact) mass is 283 g/mol. The van der Waals surface area contributed by atoms with Crippen molar-refractivity contribution < 1.29 is 4.52 Å². The van der Waals surface area contributed by atoms with E-state index in [2.05, 4.69) is 41.3 Å². The van der Waals surface area contributed by atoms with Gasteiger partial charge in [0.25, 0.3) is 0 Å². The normalized spacial score (nSPS) is 31.0. The number of aryl methyl sites for hydroxylation is 1. The first-order valence-electron chi connectivity index (χ1n) is 7.84. The summed E-state index contributed by atoms with van der Waals surface area (Å²) in [5.41, 5.74) is 8.82. The van der Waals surface area contributed by atoms with Gasteiger partial charge in [0.15, 0.2) is 5.82 Å². The number of fused-ring (bicyclic) bond motifs is 2. The number of aromatic nitrogens is 2. The zero-order chi connectivity index (χ0) is 14.4. The number of hydrogen-bond acceptors (Lipinski definition) is 4. The van der Waals surface area contributed by atoms with E-state index in [0.29, 0.717) is 11.8 Å². The highest BCUT2D eigenvalue weighted by molar-refractivity contribution is 5.24. The zero-order valence-corrected chi connectivity index (χ0v) is 12.3. The highest BCUT2D eigenvalue weighted by Gasteiger charge is 2.48. The van der Waals surface area contributed by atoms with Crippen molar-refractivity contribution >= 4 is 0 Å². The molecule has 2 fully saturated rings. The molecule has 0 spiro atoms. The van der Waals surface area contributed by atoms with E-state index in [0.717, 1.165) is 18.1 Å². The SMILES string of the molecule is Cc1ccc(Cc2noc(C3C4CCC(C4)C3N)n2)cc1. The van der Waals surface area contributed by atoms with Crippen LogP contribution in [0, 0.1) is 18.8 Å². The molecule has 4 nitrogen and oxygen atoms in total. The Bertz CT molecular complexity index is 632. The van der Waals surface area contributed by atoms with Gasteiger partial charge in [0, 0.05) is 12.5 Å². The lowest BCUT2D eigenvalue weighted by atomic mass is 9.85. The first kappa shape index (κ1) is 13.0. The first-order valence-corrected chi connectivity index (χ1v) is 7.84. The second-order valence-corrected chi connectivity index (χ2v) is 6.65. The van der Waals surface area contributed by atoms with Crippen molar-refractivity contribution in [2.75, 3.05) is 0 Å². The Hall–Kier alpha value is -1.68. The third-order valence-electron chi connectivity index (χ3n) is 5.23. The van der Waals surface area contributed by atoms with E-state index in [1.54, 1.807) is 0 Å². The summed E-state index contributed by atoms with van der Waals surface area (Å²) in [5, 5.41) is 4.15. The van der Waals surface area contributed by atoms with Crippen molar-refractivity contribution in [2.45, 2.75) is 44.6 Å². The van der Waals surface area contributed by atoms with E-state index in [1.807, 2.05) is 0 Å². The van der Waals surface area contributed by atoms with Gasteiger partial charge < -0.3 is 10.3 Å². The molecule has 2 aromatic rings. The summed E-state index contributed by atoms with van der Waals surface area (Å²) in [7, 11) is 0. The van der Waals surface area contributed by atoms with Gasteiger partial charge in [-0.25, -0.2) is 0 Å². The van der Waals surface area contributed by atoms with E-state index >= 15 is 0 Å². The molecule has 1 aromatic heterocycles. The molecule has 0 radical (unpaired) electrons. The molecule has 1 heterocycles. The number of rotatable bonds is 3. The van der Waals surface area contributed by atoms with Crippen LogP contribution in [0.2, 0.25) is 0 Å². The molecular formula is C17H21N3O. The van der Waals surface area contributed by atoms with Gasteiger partial charge >= 0.3 is 0 Å². The summed E-state index contributed by atoms with van der Waals surface area (Å²) >= 11 is 0. The minimum absolute atomic E-state index is 0.205. The van der Waals surface area contributed by atoms with Crippen molar-refractivity contribution in [2.24, 2.45) is 17.6 Å². The van der Waals surface area contributed by atoms with Crippen LogP contribution in [0.25, 0.3) is 0 Å². The molecule has 2 N–H and O–H groups in total. The van der Waals surface area contributed by atoms with Crippen LogP contribution < -0.4 is 5.73 Å². The van der Waals surface area contributed by atoms with Gasteiger partial charge in [0.1, 0.15) is 0 Å². The molecule has 2 bridgehead atoms. The van der Waals surface area contributed by atoms with Crippen molar-refractivity contribution in [1.82, 2.24) is 10.1 Å². The third-order valence-corrected chi connectivity index (χ3v) is 5.23. The second-order valence-electron chi connectivity index (χ2n) is 6.65. The number of hydrogen-bond donors (Lipinski definition) is 1. The average molecular weight is 283 g/mol. The Kier molecular flexibility index (Phi) is 3.07. The molecule has 0 saturated heterocycles. The molecule has 110 valence electrons. The lowest BCUT2D eigenvalue weighted by Gasteiger charge is -2.24. The minimum Gasteiger partial charge on any atom is -0.339 e. The summed E-state index contributed by atoms with van der Waals surface area (Å²) in [6, 6.07) is 8.67. The molecule has 4 heteroatoms. The maximum Gasteiger partial charge on any atom is 0.231 e. The highest BCUT2D eigenvalue weighted by atomic mass is 16.5. The van der Waals surface area contributed by atoms with Crippen LogP contribution >= 0.6 is 0 Å². The van der Waals surface area contributed by atoms with E-state index in [9.17, 15) is 0 Å². The number of benzene rings is 1. The van der Waals surface area contributed by atoms with Crippen molar-refractivity contribution in [3.8, 4) is 0 Å². The summed E-state index contributed by atoms with van der Waals surface area (Å²) in [4.78, 5) is 4.62. The summed E-state index contributed by atoms with van der Waals surface area (Å²) in [6.45, 7) is 2.09. The third kappa shape index (κ3) is 2.27. The fraction of sp³-hybridized carbons (Fsp3) is 0.529. The standard InChI is InChI=1S/C17H21N3O/c1-10-2-4-11(5-3-10)8-14-19-17(21-20-14)15-12-6-7-13(9-12)16(15)18/h2-5,12-13,15-16H,6-9,18H2,1H3. The van der Waals surface area contributed by atoms with Gasteiger partial charge in [-0.3, -0.25) is 0 Å². The van der Waals surface area contributed by atoms with Crippen LogP contribution in [0.15, 0.2) is 28.8 Å². The maximum absolute atomic E-state index is 6.35. The fourth-order valence-corrected chi connectivity index (χ4v) is 4.07. The van der Waals surface area contributed by atoms with Gasteiger partial charge in [-0.1, -0.05) is 35.0 Å². The smallest absolute Gasteiger partial charge is 0.231 e. The van der Waals surface area contributed by atoms with Gasteiger partial charge in [-0.15, -0.1) is 0 Å². The van der Waals surface area contributed by atoms with E-state index in [-0.39, 0.29) is 12.0 Å². The molecule has 2 aliphatic rings. The minimum atomic E-state index is 0.205. The van der Waals surface area contributed by atoms with Crippen molar-refractivity contribution in [1.29, 1.82) is 0 Å². The topological polar surface area (TPSA) is 64.9 Å². The molecule has 0 amide bonds. The molecule has 4 rings (SSSR count). The van der Waals surface area contributed by atoms with E-state index < -0.39 is 0 Å². The molecule has 2 aliphatic carbocycles. The highest BCUT2D eigenvalue weighted by Crippen LogP contribution is 2.51. The van der Waals surface area contributed by atoms with Gasteiger partial charge in [-0.2, -0.15) is 4.98 Å². The molecule has 4 atom stereocenters. The van der Waals surface area contributed by atoms with Crippen LogP contribution in [-0.4, -0.2) is 16.2 Å². The molecule has 2 saturated carbocycles. The van der Waals surface area contributed by atoms with E-state index in [4.69, 9.17) is 10.3 Å². The van der Waals surface area contributed by atoms with Crippen molar-refractivity contribution in [3.05, 3.63) is 47.1 Å². The van der Waals surface area contributed by atoms with Gasteiger partial charge in [-0.05, 0) is 43.6 Å². The molecule has 0 aliphatic heterocycles.